The maximum absolute atomic E-state index is 11.6. The van der Waals surface area contributed by atoms with Crippen molar-refractivity contribution in [2.75, 3.05) is 5.32 Å². The van der Waals surface area contributed by atoms with Crippen molar-refractivity contribution >= 4 is 23.2 Å². The minimum atomic E-state index is -0.501. The molecule has 0 aliphatic carbocycles. The number of amides is 1. The molecule has 82 valence electrons. The van der Waals surface area contributed by atoms with Crippen LogP contribution in [-0.4, -0.2) is 10.9 Å². The molecule has 0 bridgehead atoms. The van der Waals surface area contributed by atoms with Gasteiger partial charge in [0.1, 0.15) is 5.15 Å². The van der Waals surface area contributed by atoms with Gasteiger partial charge >= 0.3 is 0 Å². The highest BCUT2D eigenvalue weighted by molar-refractivity contribution is 6.32. The van der Waals surface area contributed by atoms with Crippen LogP contribution >= 0.6 is 11.6 Å². The van der Waals surface area contributed by atoms with Gasteiger partial charge in [0.05, 0.1) is 5.69 Å². The Morgan fingerprint density at radius 1 is 1.40 bits per heavy atom. The zero-order valence-corrected chi connectivity index (χ0v) is 9.61. The third-order valence-electron chi connectivity index (χ3n) is 1.80. The van der Waals surface area contributed by atoms with E-state index in [0.29, 0.717) is 5.69 Å². The van der Waals surface area contributed by atoms with Gasteiger partial charge in [-0.05, 0) is 6.07 Å². The Hall–Kier alpha value is -1.29. The van der Waals surface area contributed by atoms with Gasteiger partial charge in [-0.3, -0.25) is 9.59 Å². The fourth-order valence-corrected chi connectivity index (χ4v) is 1.06. The van der Waals surface area contributed by atoms with Crippen LogP contribution in [0.5, 0.6) is 0 Å². The Morgan fingerprint density at radius 2 is 2.00 bits per heavy atom. The van der Waals surface area contributed by atoms with Gasteiger partial charge in [0.15, 0.2) is 0 Å². The summed E-state index contributed by atoms with van der Waals surface area (Å²) in [5.74, 6) is -0.156. The van der Waals surface area contributed by atoms with Crippen LogP contribution in [0, 0.1) is 5.41 Å². The molecule has 15 heavy (non-hydrogen) atoms. The highest BCUT2D eigenvalue weighted by Crippen LogP contribution is 2.20. The van der Waals surface area contributed by atoms with Crippen molar-refractivity contribution in [1.29, 1.82) is 0 Å². The number of carbonyl (C=O) groups excluding carboxylic acids is 1. The van der Waals surface area contributed by atoms with Crippen molar-refractivity contribution in [3.05, 3.63) is 27.6 Å². The summed E-state index contributed by atoms with van der Waals surface area (Å²) in [6.07, 6.45) is 0. The topological polar surface area (TPSA) is 62.0 Å². The number of nitrogens with one attached hydrogen (secondary N) is 2. The Kier molecular flexibility index (Phi) is 3.19. The number of hydrogen-bond donors (Lipinski definition) is 2. The first-order chi connectivity index (χ1) is 6.80. The standard InChI is InChI=1S/C10H13ClN2O2/c1-10(2,3)9(15)12-6-4-5-7(14)13-8(6)11/h4-5H,1-3H3,(H,12,15)(H,13,14). The molecule has 5 heteroatoms. The first kappa shape index (κ1) is 11.8. The number of pyridine rings is 1. The molecule has 0 fully saturated rings. The minimum absolute atomic E-state index is 0.139. The van der Waals surface area contributed by atoms with E-state index >= 15 is 0 Å². The molecule has 1 rings (SSSR count). The Morgan fingerprint density at radius 3 is 2.47 bits per heavy atom. The van der Waals surface area contributed by atoms with Crippen LogP contribution in [0.3, 0.4) is 0 Å². The normalized spacial score (nSPS) is 11.2. The lowest BCUT2D eigenvalue weighted by Gasteiger charge is -2.17. The summed E-state index contributed by atoms with van der Waals surface area (Å²) in [6, 6.07) is 2.79. The van der Waals surface area contributed by atoms with Crippen LogP contribution < -0.4 is 10.9 Å². The summed E-state index contributed by atoms with van der Waals surface area (Å²) in [5, 5.41) is 2.78. The van der Waals surface area contributed by atoms with E-state index in [9.17, 15) is 9.59 Å². The molecule has 0 saturated heterocycles. The zero-order chi connectivity index (χ0) is 11.6. The number of aromatic amines is 1. The van der Waals surface area contributed by atoms with E-state index in [1.54, 1.807) is 20.8 Å². The monoisotopic (exact) mass is 228 g/mol. The van der Waals surface area contributed by atoms with Gasteiger partial charge in [-0.25, -0.2) is 0 Å². The van der Waals surface area contributed by atoms with E-state index in [-0.39, 0.29) is 16.6 Å². The van der Waals surface area contributed by atoms with Crippen LogP contribution in [0.4, 0.5) is 5.69 Å². The molecule has 0 aromatic carbocycles. The van der Waals surface area contributed by atoms with Gasteiger partial charge in [0.25, 0.3) is 0 Å². The minimum Gasteiger partial charge on any atom is -0.323 e. The lowest BCUT2D eigenvalue weighted by molar-refractivity contribution is -0.123. The van der Waals surface area contributed by atoms with Gasteiger partial charge in [-0.2, -0.15) is 0 Å². The fourth-order valence-electron chi connectivity index (χ4n) is 0.856. The predicted molar refractivity (Wildman–Crippen MR) is 60.2 cm³/mol. The Bertz CT molecular complexity index is 432. The molecule has 0 aliphatic rings. The van der Waals surface area contributed by atoms with Gasteiger partial charge in [-0.15, -0.1) is 0 Å². The molecule has 0 radical (unpaired) electrons. The number of halogens is 1. The molecule has 2 N–H and O–H groups in total. The summed E-state index contributed by atoms with van der Waals surface area (Å²) in [6.45, 7) is 5.38. The summed E-state index contributed by atoms with van der Waals surface area (Å²) < 4.78 is 0. The predicted octanol–water partition coefficient (Wildman–Crippen LogP) is 2.01. The molecule has 0 saturated carbocycles. The highest BCUT2D eigenvalue weighted by Gasteiger charge is 2.21. The maximum atomic E-state index is 11.6. The quantitative estimate of drug-likeness (QED) is 0.723. The third kappa shape index (κ3) is 3.09. The summed E-state index contributed by atoms with van der Waals surface area (Å²) in [4.78, 5) is 24.9. The molecule has 0 spiro atoms. The van der Waals surface area contributed by atoms with Crippen molar-refractivity contribution in [2.45, 2.75) is 20.8 Å². The SMILES string of the molecule is CC(C)(C)C(=O)Nc1ccc(=O)[nH]c1Cl. The van der Waals surface area contributed by atoms with E-state index in [2.05, 4.69) is 10.3 Å². The summed E-state index contributed by atoms with van der Waals surface area (Å²) in [5.41, 5.74) is -0.385. The van der Waals surface area contributed by atoms with Gasteiger partial charge < -0.3 is 10.3 Å². The van der Waals surface area contributed by atoms with Gasteiger partial charge in [0, 0.05) is 11.5 Å². The van der Waals surface area contributed by atoms with Crippen LogP contribution in [0.15, 0.2) is 16.9 Å². The molecule has 4 nitrogen and oxygen atoms in total. The first-order valence-electron chi connectivity index (χ1n) is 4.51. The van der Waals surface area contributed by atoms with E-state index in [0.717, 1.165) is 0 Å². The lowest BCUT2D eigenvalue weighted by atomic mass is 9.96. The van der Waals surface area contributed by atoms with E-state index < -0.39 is 5.41 Å². The van der Waals surface area contributed by atoms with Crippen LogP contribution in [0.2, 0.25) is 5.15 Å². The third-order valence-corrected chi connectivity index (χ3v) is 2.10. The van der Waals surface area contributed by atoms with Crippen LogP contribution in [0.1, 0.15) is 20.8 Å². The number of carbonyl (C=O) groups is 1. The molecule has 1 aromatic heterocycles. The average molecular weight is 229 g/mol. The van der Waals surface area contributed by atoms with Crippen molar-refractivity contribution < 1.29 is 4.79 Å². The Labute approximate surface area is 92.7 Å². The lowest BCUT2D eigenvalue weighted by Crippen LogP contribution is -2.28. The molecule has 1 aromatic rings. The second kappa shape index (κ2) is 4.06. The number of aromatic nitrogens is 1. The molecular formula is C10H13ClN2O2. The number of hydrogen-bond acceptors (Lipinski definition) is 2. The Balaban J connectivity index is 2.91. The van der Waals surface area contributed by atoms with Gasteiger partial charge in [-0.1, -0.05) is 32.4 Å². The first-order valence-corrected chi connectivity index (χ1v) is 4.89. The fraction of sp³-hybridized carbons (Fsp3) is 0.400. The van der Waals surface area contributed by atoms with Crippen LogP contribution in [-0.2, 0) is 4.79 Å². The number of anilines is 1. The molecule has 1 amide bonds. The zero-order valence-electron chi connectivity index (χ0n) is 8.85. The highest BCUT2D eigenvalue weighted by atomic mass is 35.5. The largest absolute Gasteiger partial charge is 0.323 e. The molecule has 0 atom stereocenters. The van der Waals surface area contributed by atoms with E-state index in [1.165, 1.54) is 12.1 Å². The number of H-pyrrole nitrogens is 1. The maximum Gasteiger partial charge on any atom is 0.249 e. The molecule has 0 unspecified atom stereocenters. The molecule has 1 heterocycles. The van der Waals surface area contributed by atoms with Crippen molar-refractivity contribution in [1.82, 2.24) is 4.98 Å². The van der Waals surface area contributed by atoms with Crippen LogP contribution in [0.25, 0.3) is 0 Å². The summed E-state index contributed by atoms with van der Waals surface area (Å²) in [7, 11) is 0. The average Bonchev–Trinajstić information content (AvgIpc) is 2.08. The second-order valence-corrected chi connectivity index (χ2v) is 4.63. The van der Waals surface area contributed by atoms with E-state index in [1.807, 2.05) is 0 Å². The van der Waals surface area contributed by atoms with Crippen molar-refractivity contribution in [3.8, 4) is 0 Å². The van der Waals surface area contributed by atoms with Crippen molar-refractivity contribution in [3.63, 3.8) is 0 Å². The molecule has 0 aliphatic heterocycles. The van der Waals surface area contributed by atoms with Crippen molar-refractivity contribution in [2.24, 2.45) is 5.41 Å². The van der Waals surface area contributed by atoms with E-state index in [4.69, 9.17) is 11.6 Å². The molecular weight excluding hydrogens is 216 g/mol. The number of rotatable bonds is 1. The second-order valence-electron chi connectivity index (χ2n) is 4.25. The van der Waals surface area contributed by atoms with Gasteiger partial charge in [0.2, 0.25) is 11.5 Å². The summed E-state index contributed by atoms with van der Waals surface area (Å²) >= 11 is 5.75. The smallest absolute Gasteiger partial charge is 0.249 e.